The number of amides is 1. The Morgan fingerprint density at radius 1 is 1.56 bits per heavy atom. The highest BCUT2D eigenvalue weighted by molar-refractivity contribution is 9.10. The highest BCUT2D eigenvalue weighted by Gasteiger charge is 2.11. The molecule has 1 atom stereocenters. The lowest BCUT2D eigenvalue weighted by molar-refractivity contribution is 0.0940. The first-order valence-corrected chi connectivity index (χ1v) is 5.61. The van der Waals surface area contributed by atoms with E-state index in [1.807, 2.05) is 26.0 Å². The van der Waals surface area contributed by atoms with E-state index in [0.717, 1.165) is 10.0 Å². The Hall–Kier alpha value is -0.580. The van der Waals surface area contributed by atoms with Crippen molar-refractivity contribution in [1.29, 1.82) is 0 Å². The molecule has 0 aliphatic heterocycles. The fourth-order valence-electron chi connectivity index (χ4n) is 1.16. The topological polar surface area (TPSA) is 55.1 Å². The van der Waals surface area contributed by atoms with E-state index in [9.17, 15) is 4.79 Å². The summed E-state index contributed by atoms with van der Waals surface area (Å²) in [5, 5.41) is 2.81. The first-order valence-electron chi connectivity index (χ1n) is 4.81. The predicted octanol–water partition coefficient (Wildman–Crippen LogP) is 2.26. The van der Waals surface area contributed by atoms with Crippen molar-refractivity contribution in [3.63, 3.8) is 0 Å². The van der Waals surface area contributed by atoms with Gasteiger partial charge in [-0.1, -0.05) is 6.07 Å². The number of nitrogens with two attached hydrogens (primary N) is 1. The van der Waals surface area contributed by atoms with Gasteiger partial charge in [-0.15, -0.1) is 12.4 Å². The first kappa shape index (κ1) is 15.4. The molecule has 0 bridgehead atoms. The Kier molecular flexibility index (Phi) is 6.64. The molecule has 0 radical (unpaired) electrons. The van der Waals surface area contributed by atoms with E-state index in [4.69, 9.17) is 5.73 Å². The summed E-state index contributed by atoms with van der Waals surface area (Å²) >= 11 is 3.37. The van der Waals surface area contributed by atoms with Crippen LogP contribution in [0.1, 0.15) is 22.8 Å². The Bertz CT molecular complexity index is 371. The van der Waals surface area contributed by atoms with Gasteiger partial charge in [0.1, 0.15) is 0 Å². The number of benzene rings is 1. The van der Waals surface area contributed by atoms with E-state index in [0.29, 0.717) is 12.1 Å². The maximum absolute atomic E-state index is 11.7. The van der Waals surface area contributed by atoms with E-state index < -0.39 is 0 Å². The zero-order valence-corrected chi connectivity index (χ0v) is 11.7. The van der Waals surface area contributed by atoms with Crippen molar-refractivity contribution in [3.8, 4) is 0 Å². The summed E-state index contributed by atoms with van der Waals surface area (Å²) in [7, 11) is 0. The molecule has 1 aromatic rings. The molecule has 0 saturated carbocycles. The number of carbonyl (C=O) groups is 1. The Labute approximate surface area is 110 Å². The third kappa shape index (κ3) is 4.12. The van der Waals surface area contributed by atoms with Gasteiger partial charge in [-0.25, -0.2) is 0 Å². The number of hydrogen-bond acceptors (Lipinski definition) is 2. The molecule has 0 spiro atoms. The SMILES string of the molecule is Cc1ccc(C(=O)N[C@@H](C)CN)c(Br)c1.Cl. The van der Waals surface area contributed by atoms with Gasteiger partial charge >= 0.3 is 0 Å². The molecule has 0 aliphatic carbocycles. The lowest BCUT2D eigenvalue weighted by Gasteiger charge is -2.12. The molecule has 90 valence electrons. The van der Waals surface area contributed by atoms with Crippen LogP contribution in [0.5, 0.6) is 0 Å². The highest BCUT2D eigenvalue weighted by Crippen LogP contribution is 2.18. The average Bonchev–Trinajstić information content (AvgIpc) is 2.17. The Balaban J connectivity index is 0.00000225. The molecule has 1 amide bonds. The lowest BCUT2D eigenvalue weighted by atomic mass is 10.1. The Morgan fingerprint density at radius 3 is 2.69 bits per heavy atom. The van der Waals surface area contributed by atoms with Gasteiger partial charge in [-0.05, 0) is 47.5 Å². The second-order valence-electron chi connectivity index (χ2n) is 3.59. The minimum atomic E-state index is -0.0974. The van der Waals surface area contributed by atoms with Gasteiger partial charge in [0.2, 0.25) is 0 Å². The molecule has 0 heterocycles. The Morgan fingerprint density at radius 2 is 2.19 bits per heavy atom. The number of halogens is 2. The summed E-state index contributed by atoms with van der Waals surface area (Å²) in [6, 6.07) is 5.62. The quantitative estimate of drug-likeness (QED) is 0.900. The van der Waals surface area contributed by atoms with Gasteiger partial charge in [-0.2, -0.15) is 0 Å². The van der Waals surface area contributed by atoms with E-state index >= 15 is 0 Å². The minimum absolute atomic E-state index is 0. The van der Waals surface area contributed by atoms with Crippen molar-refractivity contribution in [2.24, 2.45) is 5.73 Å². The van der Waals surface area contributed by atoms with E-state index in [2.05, 4.69) is 21.2 Å². The predicted molar refractivity (Wildman–Crippen MR) is 72.1 cm³/mol. The van der Waals surface area contributed by atoms with Crippen LogP contribution < -0.4 is 11.1 Å². The number of nitrogens with one attached hydrogen (secondary N) is 1. The van der Waals surface area contributed by atoms with E-state index in [1.54, 1.807) is 6.07 Å². The molecular weight excluding hydrogens is 291 g/mol. The van der Waals surface area contributed by atoms with E-state index in [-0.39, 0.29) is 24.4 Å². The summed E-state index contributed by atoms with van der Waals surface area (Å²) in [6.45, 7) is 4.30. The summed E-state index contributed by atoms with van der Waals surface area (Å²) in [5.74, 6) is -0.0974. The molecule has 0 fully saturated rings. The monoisotopic (exact) mass is 306 g/mol. The standard InChI is InChI=1S/C11H15BrN2O.ClH/c1-7-3-4-9(10(12)5-7)11(15)14-8(2)6-13;/h3-5,8H,6,13H2,1-2H3,(H,14,15);1H/t8-;/m0./s1. The van der Waals surface area contributed by atoms with Gasteiger partial charge in [0.05, 0.1) is 5.56 Å². The maximum atomic E-state index is 11.7. The molecule has 16 heavy (non-hydrogen) atoms. The molecule has 0 unspecified atom stereocenters. The van der Waals surface area contributed by atoms with Crippen molar-refractivity contribution >= 4 is 34.2 Å². The van der Waals surface area contributed by atoms with Crippen molar-refractivity contribution in [2.75, 3.05) is 6.54 Å². The van der Waals surface area contributed by atoms with Crippen LogP contribution in [0, 0.1) is 6.92 Å². The van der Waals surface area contributed by atoms with Crippen LogP contribution in [0.4, 0.5) is 0 Å². The molecule has 1 aromatic carbocycles. The maximum Gasteiger partial charge on any atom is 0.252 e. The molecule has 0 saturated heterocycles. The molecule has 1 rings (SSSR count). The van der Waals surface area contributed by atoms with Crippen LogP contribution >= 0.6 is 28.3 Å². The number of carbonyl (C=O) groups excluding carboxylic acids is 1. The number of hydrogen-bond donors (Lipinski definition) is 2. The summed E-state index contributed by atoms with van der Waals surface area (Å²) in [6.07, 6.45) is 0. The van der Waals surface area contributed by atoms with Crippen LogP contribution in [-0.4, -0.2) is 18.5 Å². The highest BCUT2D eigenvalue weighted by atomic mass is 79.9. The van der Waals surface area contributed by atoms with Crippen molar-refractivity contribution < 1.29 is 4.79 Å². The largest absolute Gasteiger partial charge is 0.348 e. The van der Waals surface area contributed by atoms with E-state index in [1.165, 1.54) is 0 Å². The first-order chi connectivity index (χ1) is 7.04. The zero-order valence-electron chi connectivity index (χ0n) is 9.29. The van der Waals surface area contributed by atoms with Gasteiger partial charge in [0.15, 0.2) is 0 Å². The van der Waals surface area contributed by atoms with Crippen molar-refractivity contribution in [2.45, 2.75) is 19.9 Å². The fraction of sp³-hybridized carbons (Fsp3) is 0.364. The molecule has 0 aromatic heterocycles. The van der Waals surface area contributed by atoms with Crippen molar-refractivity contribution in [3.05, 3.63) is 33.8 Å². The van der Waals surface area contributed by atoms with Gasteiger partial charge in [0, 0.05) is 17.1 Å². The minimum Gasteiger partial charge on any atom is -0.348 e. The molecular formula is C11H16BrClN2O. The van der Waals surface area contributed by atoms with Crippen LogP contribution in [0.25, 0.3) is 0 Å². The zero-order chi connectivity index (χ0) is 11.4. The van der Waals surface area contributed by atoms with Crippen LogP contribution in [-0.2, 0) is 0 Å². The number of rotatable bonds is 3. The molecule has 3 N–H and O–H groups in total. The molecule has 5 heteroatoms. The lowest BCUT2D eigenvalue weighted by Crippen LogP contribution is -2.37. The van der Waals surface area contributed by atoms with Gasteiger partial charge in [-0.3, -0.25) is 4.79 Å². The van der Waals surface area contributed by atoms with Crippen molar-refractivity contribution in [1.82, 2.24) is 5.32 Å². The summed E-state index contributed by atoms with van der Waals surface area (Å²) in [4.78, 5) is 11.7. The van der Waals surface area contributed by atoms with Crippen LogP contribution in [0.15, 0.2) is 22.7 Å². The summed E-state index contributed by atoms with van der Waals surface area (Å²) < 4.78 is 0.809. The summed E-state index contributed by atoms with van der Waals surface area (Å²) in [5.41, 5.74) is 7.19. The number of aryl methyl sites for hydroxylation is 1. The third-order valence-electron chi connectivity index (χ3n) is 2.10. The van der Waals surface area contributed by atoms with Gasteiger partial charge < -0.3 is 11.1 Å². The molecule has 3 nitrogen and oxygen atoms in total. The average molecular weight is 308 g/mol. The second kappa shape index (κ2) is 6.89. The van der Waals surface area contributed by atoms with Gasteiger partial charge in [0.25, 0.3) is 5.91 Å². The third-order valence-corrected chi connectivity index (χ3v) is 2.76. The molecule has 0 aliphatic rings. The fourth-order valence-corrected chi connectivity index (χ4v) is 1.84. The normalized spacial score (nSPS) is 11.5. The second-order valence-corrected chi connectivity index (χ2v) is 4.45. The smallest absolute Gasteiger partial charge is 0.252 e. The van der Waals surface area contributed by atoms with Crippen LogP contribution in [0.2, 0.25) is 0 Å². The van der Waals surface area contributed by atoms with Crippen LogP contribution in [0.3, 0.4) is 0 Å².